The summed E-state index contributed by atoms with van der Waals surface area (Å²) in [6.45, 7) is 4.78. The van der Waals surface area contributed by atoms with Crippen LogP contribution < -0.4 is 15.6 Å². The average molecular weight is 610 g/mol. The number of nitrogens with zero attached hydrogens (tertiary/aromatic N) is 1. The number of amides is 1. The molecular weight excluding hydrogens is 572 g/mol. The number of fused-ring (bicyclic) bond motifs is 3. The van der Waals surface area contributed by atoms with Crippen LogP contribution in [0.15, 0.2) is 53.3 Å². The first-order valence-corrected chi connectivity index (χ1v) is 14.6. The van der Waals surface area contributed by atoms with Crippen LogP contribution in [0.2, 0.25) is 0 Å². The van der Waals surface area contributed by atoms with Gasteiger partial charge in [-0.3, -0.25) is 9.59 Å². The van der Waals surface area contributed by atoms with Gasteiger partial charge in [0.15, 0.2) is 0 Å². The molecule has 2 saturated carbocycles. The third-order valence-electron chi connectivity index (χ3n) is 8.56. The molecule has 1 amide bonds. The van der Waals surface area contributed by atoms with Crippen LogP contribution >= 0.6 is 15.9 Å². The molecule has 1 heterocycles. The zero-order valence-corrected chi connectivity index (χ0v) is 25.2. The van der Waals surface area contributed by atoms with Crippen molar-refractivity contribution in [3.63, 3.8) is 0 Å². The molecule has 2 unspecified atom stereocenters. The van der Waals surface area contributed by atoms with Gasteiger partial charge < -0.3 is 19.4 Å². The third-order valence-corrected chi connectivity index (χ3v) is 9.21. The Morgan fingerprint density at radius 3 is 2.33 bits per heavy atom. The minimum Gasteiger partial charge on any atom is -0.497 e. The minimum absolute atomic E-state index is 0.0518. The van der Waals surface area contributed by atoms with Crippen LogP contribution in [0.5, 0.6) is 5.75 Å². The maximum atomic E-state index is 13.5. The highest BCUT2D eigenvalue weighted by Gasteiger charge is 2.45. The number of nitrogens with one attached hydrogen (secondary N) is 1. The molecule has 3 aromatic rings. The summed E-state index contributed by atoms with van der Waals surface area (Å²) in [5.41, 5.74) is 1.49. The number of pyridine rings is 1. The van der Waals surface area contributed by atoms with E-state index in [2.05, 4.69) is 35.1 Å². The van der Waals surface area contributed by atoms with E-state index in [1.807, 2.05) is 42.5 Å². The number of rotatable bonds is 7. The Labute approximate surface area is 243 Å². The number of hydrogen-bond acceptors (Lipinski definition) is 5. The number of anilines is 1. The van der Waals surface area contributed by atoms with Gasteiger partial charge in [0.1, 0.15) is 11.3 Å². The molecule has 0 aliphatic heterocycles. The van der Waals surface area contributed by atoms with E-state index in [1.54, 1.807) is 11.7 Å². The summed E-state index contributed by atoms with van der Waals surface area (Å²) in [5.74, 6) is 1.20. The Kier molecular flexibility index (Phi) is 7.83. The predicted octanol–water partition coefficient (Wildman–Crippen LogP) is 6.54. The number of aromatic nitrogens is 1. The van der Waals surface area contributed by atoms with Crippen LogP contribution in [0, 0.1) is 17.3 Å². The molecule has 5 rings (SSSR count). The molecule has 0 spiro atoms. The standard InChI is InChI=1S/C32H37BrN2O5/c1-31(14-21-12-22(15-31)17-32(2,33)16-21)18-28(36)34-26-6-5-7-27-24(26)13-25(30(38)40-4)29(37)35(27)19-20-8-10-23(39-3)11-9-20/h5-11,13,21-22H,12,14-19H2,1-4H3,(H,34,36). The normalized spacial score (nSPS) is 25.8. The summed E-state index contributed by atoms with van der Waals surface area (Å²) in [6.07, 6.45) is 6.07. The summed E-state index contributed by atoms with van der Waals surface area (Å²) in [5, 5.41) is 3.73. The van der Waals surface area contributed by atoms with Crippen LogP contribution in [-0.4, -0.2) is 35.0 Å². The van der Waals surface area contributed by atoms with Gasteiger partial charge in [0.2, 0.25) is 5.91 Å². The lowest BCUT2D eigenvalue weighted by atomic mass is 9.58. The lowest BCUT2D eigenvalue weighted by Crippen LogP contribution is -2.42. The molecule has 2 bridgehead atoms. The van der Waals surface area contributed by atoms with Crippen LogP contribution in [0.3, 0.4) is 0 Å². The van der Waals surface area contributed by atoms with Gasteiger partial charge in [0, 0.05) is 16.1 Å². The van der Waals surface area contributed by atoms with Crippen molar-refractivity contribution in [2.24, 2.45) is 17.3 Å². The molecule has 1 N–H and O–H groups in total. The Morgan fingerprint density at radius 2 is 1.70 bits per heavy atom. The van der Waals surface area contributed by atoms with Gasteiger partial charge in [0.05, 0.1) is 32.0 Å². The van der Waals surface area contributed by atoms with Crippen molar-refractivity contribution >= 4 is 44.4 Å². The van der Waals surface area contributed by atoms with Crippen LogP contribution in [0.25, 0.3) is 10.9 Å². The highest BCUT2D eigenvalue weighted by molar-refractivity contribution is 9.10. The Hall–Kier alpha value is -3.13. The van der Waals surface area contributed by atoms with E-state index in [0.717, 1.165) is 31.2 Å². The largest absolute Gasteiger partial charge is 0.497 e. The maximum absolute atomic E-state index is 13.5. The van der Waals surface area contributed by atoms with Crippen molar-refractivity contribution in [1.29, 1.82) is 0 Å². The van der Waals surface area contributed by atoms with Crippen molar-refractivity contribution in [3.05, 3.63) is 70.0 Å². The van der Waals surface area contributed by atoms with E-state index in [9.17, 15) is 14.4 Å². The molecule has 1 aromatic heterocycles. The summed E-state index contributed by atoms with van der Waals surface area (Å²) in [7, 11) is 2.85. The molecule has 2 aliphatic carbocycles. The van der Waals surface area contributed by atoms with Crippen LogP contribution in [0.4, 0.5) is 5.69 Å². The van der Waals surface area contributed by atoms with Gasteiger partial charge in [-0.2, -0.15) is 0 Å². The molecule has 0 saturated heterocycles. The first kappa shape index (κ1) is 28.4. The molecule has 2 fully saturated rings. The monoisotopic (exact) mass is 608 g/mol. The number of esters is 1. The van der Waals surface area contributed by atoms with E-state index >= 15 is 0 Å². The average Bonchev–Trinajstić information content (AvgIpc) is 2.88. The summed E-state index contributed by atoms with van der Waals surface area (Å²) in [6, 6.07) is 14.4. The molecule has 2 aliphatic rings. The molecule has 2 atom stereocenters. The first-order chi connectivity index (χ1) is 19.0. The quantitative estimate of drug-likeness (QED) is 0.243. The summed E-state index contributed by atoms with van der Waals surface area (Å²) >= 11 is 3.92. The van der Waals surface area contributed by atoms with E-state index < -0.39 is 11.5 Å². The van der Waals surface area contributed by atoms with E-state index in [0.29, 0.717) is 40.6 Å². The molecule has 2 aromatic carbocycles. The number of alkyl halides is 1. The van der Waals surface area contributed by atoms with E-state index in [-0.39, 0.29) is 27.8 Å². The number of halogens is 1. The van der Waals surface area contributed by atoms with Gasteiger partial charge >= 0.3 is 5.97 Å². The van der Waals surface area contributed by atoms with Gasteiger partial charge in [-0.05, 0) is 92.2 Å². The fourth-order valence-electron chi connectivity index (χ4n) is 7.28. The van der Waals surface area contributed by atoms with Crippen molar-refractivity contribution in [1.82, 2.24) is 4.57 Å². The Balaban J connectivity index is 1.45. The van der Waals surface area contributed by atoms with Crippen LogP contribution in [-0.2, 0) is 16.1 Å². The fraction of sp³-hybridized carbons (Fsp3) is 0.469. The van der Waals surface area contributed by atoms with Crippen molar-refractivity contribution in [2.45, 2.75) is 63.2 Å². The van der Waals surface area contributed by atoms with Crippen molar-refractivity contribution in [2.75, 3.05) is 19.5 Å². The van der Waals surface area contributed by atoms with E-state index in [4.69, 9.17) is 9.47 Å². The zero-order valence-electron chi connectivity index (χ0n) is 23.6. The molecule has 8 heteroatoms. The SMILES string of the molecule is COC(=O)c1cc2c(NC(=O)CC3(C)CC4CC(CC(C)(Br)C4)C3)cccc2n(Cc2ccc(OC)cc2)c1=O. The lowest BCUT2D eigenvalue weighted by Gasteiger charge is -2.49. The van der Waals surface area contributed by atoms with Crippen molar-refractivity contribution in [3.8, 4) is 5.75 Å². The van der Waals surface area contributed by atoms with E-state index in [1.165, 1.54) is 19.6 Å². The van der Waals surface area contributed by atoms with Gasteiger partial charge in [-0.25, -0.2) is 4.79 Å². The molecule has 212 valence electrons. The molecule has 0 radical (unpaired) electrons. The fourth-order valence-corrected chi connectivity index (χ4v) is 8.19. The number of carbonyl (C=O) groups is 2. The Morgan fingerprint density at radius 1 is 1.02 bits per heavy atom. The second-order valence-electron chi connectivity index (χ2n) is 12.3. The predicted molar refractivity (Wildman–Crippen MR) is 160 cm³/mol. The number of benzene rings is 2. The first-order valence-electron chi connectivity index (χ1n) is 13.9. The summed E-state index contributed by atoms with van der Waals surface area (Å²) in [4.78, 5) is 39.5. The zero-order chi connectivity index (χ0) is 28.7. The van der Waals surface area contributed by atoms with Crippen LogP contribution in [0.1, 0.15) is 68.3 Å². The maximum Gasteiger partial charge on any atom is 0.343 e. The second kappa shape index (κ2) is 11.0. The number of hydrogen-bond donors (Lipinski definition) is 1. The smallest absolute Gasteiger partial charge is 0.343 e. The lowest BCUT2D eigenvalue weighted by molar-refractivity contribution is -0.119. The molecular formula is C32H37BrN2O5. The highest BCUT2D eigenvalue weighted by atomic mass is 79.9. The molecule has 40 heavy (non-hydrogen) atoms. The van der Waals surface area contributed by atoms with Gasteiger partial charge in [-0.15, -0.1) is 0 Å². The van der Waals surface area contributed by atoms with Crippen molar-refractivity contribution < 1.29 is 19.1 Å². The molecule has 7 nitrogen and oxygen atoms in total. The second-order valence-corrected chi connectivity index (χ2v) is 14.2. The Bertz CT molecular complexity index is 1480. The topological polar surface area (TPSA) is 86.6 Å². The number of carbonyl (C=O) groups excluding carboxylic acids is 2. The summed E-state index contributed by atoms with van der Waals surface area (Å²) < 4.78 is 11.9. The third kappa shape index (κ3) is 5.97. The number of methoxy groups -OCH3 is 2. The minimum atomic E-state index is -0.712. The van der Waals surface area contributed by atoms with Gasteiger partial charge in [-0.1, -0.05) is 41.1 Å². The number of ether oxygens (including phenoxy) is 2. The van der Waals surface area contributed by atoms with Gasteiger partial charge in [0.25, 0.3) is 5.56 Å². The highest BCUT2D eigenvalue weighted by Crippen LogP contribution is 2.54.